The van der Waals surface area contributed by atoms with Gasteiger partial charge in [0.1, 0.15) is 28.2 Å². The smallest absolute Gasteiger partial charge is 0.407 e. The van der Waals surface area contributed by atoms with Crippen molar-refractivity contribution < 1.29 is 22.5 Å². The van der Waals surface area contributed by atoms with E-state index in [0.717, 1.165) is 23.4 Å². The SMILES string of the molecule is CS(=O)n1cc2c(n1)CN([C@H]1CNC([C@H]3CC(F)=CC=C3F)[C@@H](NC(=O)OC(C)(C)C)C1)C2. The van der Waals surface area contributed by atoms with E-state index in [2.05, 4.69) is 20.6 Å². The van der Waals surface area contributed by atoms with Gasteiger partial charge >= 0.3 is 6.09 Å². The Hall–Kier alpha value is -2.11. The maximum absolute atomic E-state index is 14.6. The number of hydrogen-bond donors (Lipinski definition) is 2. The van der Waals surface area contributed by atoms with Gasteiger partial charge in [-0.3, -0.25) is 4.90 Å². The zero-order chi connectivity index (χ0) is 23.9. The van der Waals surface area contributed by atoms with Crippen molar-refractivity contribution in [3.05, 3.63) is 41.3 Å². The number of nitrogens with zero attached hydrogens (tertiary/aromatic N) is 3. The lowest BCUT2D eigenvalue weighted by molar-refractivity contribution is 0.0423. The molecule has 1 fully saturated rings. The fourth-order valence-corrected chi connectivity index (χ4v) is 5.25. The lowest BCUT2D eigenvalue weighted by Crippen LogP contribution is -2.63. The molecular formula is C22H31F2N5O3S. The van der Waals surface area contributed by atoms with E-state index >= 15 is 0 Å². The van der Waals surface area contributed by atoms with Gasteiger partial charge in [-0.1, -0.05) is 0 Å². The van der Waals surface area contributed by atoms with Crippen LogP contribution in [0.2, 0.25) is 0 Å². The van der Waals surface area contributed by atoms with Gasteiger partial charge in [-0.15, -0.1) is 0 Å². The van der Waals surface area contributed by atoms with Gasteiger partial charge in [-0.2, -0.15) is 9.19 Å². The molecule has 3 aliphatic rings. The van der Waals surface area contributed by atoms with Crippen LogP contribution in [0.25, 0.3) is 0 Å². The largest absolute Gasteiger partial charge is 0.444 e. The van der Waals surface area contributed by atoms with Gasteiger partial charge < -0.3 is 15.4 Å². The summed E-state index contributed by atoms with van der Waals surface area (Å²) in [5.74, 6) is -1.48. The Kier molecular flexibility index (Phi) is 6.75. The standard InChI is InChI=1S/C22H31F2N5O3S/c1-22(2,3)32-21(30)26-18-8-15(9-25-20(18)16-7-14(23)5-6-17(16)24)28-10-13-11-29(33(4)31)27-19(13)12-28/h5-6,11,15-16,18,20,25H,7-10,12H2,1-4H3,(H,26,30)/t15-,16+,18+,20?,33?/m1/s1. The summed E-state index contributed by atoms with van der Waals surface area (Å²) in [4.78, 5) is 14.8. The highest BCUT2D eigenvalue weighted by Crippen LogP contribution is 2.35. The maximum atomic E-state index is 14.6. The van der Waals surface area contributed by atoms with Crippen LogP contribution in [0.15, 0.2) is 30.0 Å². The van der Waals surface area contributed by atoms with Crippen LogP contribution >= 0.6 is 0 Å². The molecule has 8 nitrogen and oxygen atoms in total. The average Bonchev–Trinajstić information content (AvgIpc) is 3.28. The van der Waals surface area contributed by atoms with Crippen LogP contribution in [-0.4, -0.2) is 60.9 Å². The summed E-state index contributed by atoms with van der Waals surface area (Å²) in [7, 11) is -1.20. The number of halogens is 2. The summed E-state index contributed by atoms with van der Waals surface area (Å²) in [5.41, 5.74) is 1.24. The van der Waals surface area contributed by atoms with Gasteiger partial charge in [-0.05, 0) is 39.3 Å². The molecular weight excluding hydrogens is 452 g/mol. The number of nitrogens with one attached hydrogen (secondary N) is 2. The number of rotatable bonds is 4. The summed E-state index contributed by atoms with van der Waals surface area (Å²) >= 11 is 0. The number of alkyl carbamates (subject to hydrolysis) is 1. The van der Waals surface area contributed by atoms with E-state index in [9.17, 15) is 17.8 Å². The van der Waals surface area contributed by atoms with Crippen molar-refractivity contribution in [3.63, 3.8) is 0 Å². The highest BCUT2D eigenvalue weighted by atomic mass is 32.2. The molecule has 3 heterocycles. The molecule has 4 rings (SSSR count). The number of hydrogen-bond acceptors (Lipinski definition) is 6. The van der Waals surface area contributed by atoms with E-state index in [-0.39, 0.29) is 18.3 Å². The molecule has 11 heteroatoms. The number of ether oxygens (including phenoxy) is 1. The van der Waals surface area contributed by atoms with Crippen molar-refractivity contribution in [2.45, 2.75) is 70.4 Å². The lowest BCUT2D eigenvalue weighted by atomic mass is 9.81. The van der Waals surface area contributed by atoms with Crippen molar-refractivity contribution in [1.29, 1.82) is 0 Å². The molecule has 1 saturated heterocycles. The topological polar surface area (TPSA) is 88.5 Å². The second-order valence-electron chi connectivity index (χ2n) is 9.88. The average molecular weight is 484 g/mol. The molecule has 0 saturated carbocycles. The Balaban J connectivity index is 1.48. The molecule has 33 heavy (non-hydrogen) atoms. The molecule has 1 aromatic heterocycles. The zero-order valence-electron chi connectivity index (χ0n) is 19.3. The number of allylic oxidation sites excluding steroid dienone is 3. The van der Waals surface area contributed by atoms with Crippen LogP contribution in [0.3, 0.4) is 0 Å². The summed E-state index contributed by atoms with van der Waals surface area (Å²) in [5, 5.41) is 10.7. The minimum atomic E-state index is -1.20. The van der Waals surface area contributed by atoms with E-state index in [0.29, 0.717) is 26.1 Å². The minimum absolute atomic E-state index is 0.0471. The first-order valence-corrected chi connectivity index (χ1v) is 12.6. The van der Waals surface area contributed by atoms with Crippen LogP contribution < -0.4 is 10.6 Å². The van der Waals surface area contributed by atoms with E-state index in [4.69, 9.17) is 4.74 Å². The number of carbonyl (C=O) groups is 1. The number of amides is 1. The second-order valence-corrected chi connectivity index (χ2v) is 11.1. The monoisotopic (exact) mass is 483 g/mol. The van der Waals surface area contributed by atoms with Crippen molar-refractivity contribution in [2.24, 2.45) is 5.92 Å². The summed E-state index contributed by atoms with van der Waals surface area (Å²) in [6, 6.07) is -0.877. The van der Waals surface area contributed by atoms with E-state index < -0.39 is 46.5 Å². The first-order chi connectivity index (χ1) is 15.5. The third-order valence-corrected chi connectivity index (χ3v) is 6.95. The highest BCUT2D eigenvalue weighted by molar-refractivity contribution is 7.82. The zero-order valence-corrected chi connectivity index (χ0v) is 20.1. The van der Waals surface area contributed by atoms with E-state index in [1.165, 1.54) is 4.09 Å². The number of piperidine rings is 1. The Labute approximate surface area is 195 Å². The molecule has 1 aliphatic carbocycles. The van der Waals surface area contributed by atoms with E-state index in [1.54, 1.807) is 33.2 Å². The first-order valence-electron chi connectivity index (χ1n) is 11.1. The molecule has 2 unspecified atom stereocenters. The Bertz CT molecular complexity index is 979. The van der Waals surface area contributed by atoms with Gasteiger partial charge in [0.05, 0.1) is 5.69 Å². The fourth-order valence-electron chi connectivity index (χ4n) is 4.76. The molecule has 2 N–H and O–H groups in total. The summed E-state index contributed by atoms with van der Waals surface area (Å²) < 4.78 is 47.2. The van der Waals surface area contributed by atoms with Crippen LogP contribution in [0.4, 0.5) is 13.6 Å². The number of aromatic nitrogens is 2. The Morgan fingerprint density at radius 3 is 2.73 bits per heavy atom. The molecule has 1 aromatic rings. The second kappa shape index (κ2) is 9.27. The van der Waals surface area contributed by atoms with Gasteiger partial charge in [-0.25, -0.2) is 17.8 Å². The molecule has 5 atom stereocenters. The van der Waals surface area contributed by atoms with Gasteiger partial charge in [0.15, 0.2) is 0 Å². The first kappa shape index (κ1) is 24.0. The van der Waals surface area contributed by atoms with E-state index in [1.807, 2.05) is 0 Å². The Morgan fingerprint density at radius 1 is 1.30 bits per heavy atom. The number of carbonyl (C=O) groups excluding carboxylic acids is 1. The van der Waals surface area contributed by atoms with Crippen molar-refractivity contribution in [3.8, 4) is 0 Å². The van der Waals surface area contributed by atoms with Gasteiger partial charge in [0.2, 0.25) is 0 Å². The van der Waals surface area contributed by atoms with Crippen LogP contribution in [0.1, 0.15) is 44.9 Å². The summed E-state index contributed by atoms with van der Waals surface area (Å²) in [6.45, 7) is 7.15. The normalized spacial score (nSPS) is 29.2. The van der Waals surface area contributed by atoms with Crippen molar-refractivity contribution >= 4 is 17.1 Å². The van der Waals surface area contributed by atoms with Crippen LogP contribution in [0.5, 0.6) is 0 Å². The predicted octanol–water partition coefficient (Wildman–Crippen LogP) is 2.69. The van der Waals surface area contributed by atoms with Crippen molar-refractivity contribution in [1.82, 2.24) is 24.7 Å². The molecule has 2 aliphatic heterocycles. The molecule has 0 radical (unpaired) electrons. The molecule has 1 amide bonds. The predicted molar refractivity (Wildman–Crippen MR) is 121 cm³/mol. The highest BCUT2D eigenvalue weighted by Gasteiger charge is 2.42. The third-order valence-electron chi connectivity index (χ3n) is 6.24. The maximum Gasteiger partial charge on any atom is 0.407 e. The van der Waals surface area contributed by atoms with Crippen LogP contribution in [-0.2, 0) is 28.8 Å². The van der Waals surface area contributed by atoms with Gasteiger partial charge in [0.25, 0.3) is 0 Å². The number of fused-ring (bicyclic) bond motifs is 1. The fraction of sp³-hybridized carbons (Fsp3) is 0.636. The van der Waals surface area contributed by atoms with Gasteiger partial charge in [0, 0.05) is 68.1 Å². The molecule has 0 spiro atoms. The molecule has 0 aromatic carbocycles. The quantitative estimate of drug-likeness (QED) is 0.685. The minimum Gasteiger partial charge on any atom is -0.444 e. The van der Waals surface area contributed by atoms with Crippen molar-refractivity contribution in [2.75, 3.05) is 12.8 Å². The Morgan fingerprint density at radius 2 is 2.06 bits per heavy atom. The van der Waals surface area contributed by atoms with Crippen LogP contribution in [0, 0.1) is 5.92 Å². The molecule has 0 bridgehead atoms. The summed E-state index contributed by atoms with van der Waals surface area (Å²) in [6.07, 6.45) is 5.62. The third kappa shape index (κ3) is 5.52. The lowest BCUT2D eigenvalue weighted by Gasteiger charge is -2.44. The molecule has 182 valence electrons.